The fraction of sp³-hybridized carbons (Fsp3) is 0.538. The van der Waals surface area contributed by atoms with Gasteiger partial charge in [-0.2, -0.15) is 5.06 Å². The van der Waals surface area contributed by atoms with Gasteiger partial charge in [-0.3, -0.25) is 4.84 Å². The second-order valence-corrected chi connectivity index (χ2v) is 3.59. The predicted molar refractivity (Wildman–Crippen MR) is 63.6 cm³/mol. The lowest BCUT2D eigenvalue weighted by atomic mass is 10.2. The first-order valence-electron chi connectivity index (χ1n) is 5.78. The molecule has 0 atom stereocenters. The molecule has 0 radical (unpaired) electrons. The van der Waals surface area contributed by atoms with E-state index in [1.165, 1.54) is 5.56 Å². The standard InChI is InChI=1S/C13H21NO/c1-3-11-14(4-2)15-12-10-13-8-6-5-7-9-13/h5-9H,3-4,10-12H2,1-2H3. The number of hydroxylamine groups is 2. The molecule has 1 aromatic carbocycles. The zero-order valence-electron chi connectivity index (χ0n) is 9.78. The van der Waals surface area contributed by atoms with Gasteiger partial charge in [-0.1, -0.05) is 44.2 Å². The van der Waals surface area contributed by atoms with E-state index in [0.717, 1.165) is 32.5 Å². The topological polar surface area (TPSA) is 12.5 Å². The van der Waals surface area contributed by atoms with Gasteiger partial charge in [-0.05, 0) is 18.4 Å². The van der Waals surface area contributed by atoms with Crippen molar-refractivity contribution in [1.82, 2.24) is 5.06 Å². The van der Waals surface area contributed by atoms with Crippen LogP contribution in [0.5, 0.6) is 0 Å². The minimum absolute atomic E-state index is 0.776. The summed E-state index contributed by atoms with van der Waals surface area (Å²) < 4.78 is 0. The summed E-state index contributed by atoms with van der Waals surface area (Å²) in [5, 5.41) is 2.03. The quantitative estimate of drug-likeness (QED) is 0.637. The Labute approximate surface area is 92.8 Å². The third kappa shape index (κ3) is 4.96. The maximum Gasteiger partial charge on any atom is 0.0725 e. The van der Waals surface area contributed by atoms with Gasteiger partial charge >= 0.3 is 0 Å². The highest BCUT2D eigenvalue weighted by Gasteiger charge is 2.00. The molecule has 0 spiro atoms. The summed E-state index contributed by atoms with van der Waals surface area (Å²) in [5.41, 5.74) is 1.34. The van der Waals surface area contributed by atoms with Crippen molar-refractivity contribution >= 4 is 0 Å². The van der Waals surface area contributed by atoms with E-state index in [1.54, 1.807) is 0 Å². The highest BCUT2D eigenvalue weighted by atomic mass is 16.7. The maximum absolute atomic E-state index is 5.67. The fourth-order valence-electron chi connectivity index (χ4n) is 1.50. The van der Waals surface area contributed by atoms with Crippen molar-refractivity contribution in [3.8, 4) is 0 Å². The molecule has 0 unspecified atom stereocenters. The first-order chi connectivity index (χ1) is 7.36. The van der Waals surface area contributed by atoms with Crippen LogP contribution in [-0.4, -0.2) is 24.8 Å². The summed E-state index contributed by atoms with van der Waals surface area (Å²) in [6.07, 6.45) is 2.13. The average Bonchev–Trinajstić information content (AvgIpc) is 2.29. The lowest BCUT2D eigenvalue weighted by Crippen LogP contribution is -2.25. The predicted octanol–water partition coefficient (Wildman–Crippen LogP) is 2.89. The molecule has 0 aliphatic carbocycles. The molecule has 0 saturated carbocycles. The molecule has 0 aromatic heterocycles. The Kier molecular flexibility index (Phi) is 6.05. The van der Waals surface area contributed by atoms with E-state index in [9.17, 15) is 0 Å². The molecule has 0 amide bonds. The number of hydrogen-bond acceptors (Lipinski definition) is 2. The van der Waals surface area contributed by atoms with Crippen molar-refractivity contribution < 1.29 is 4.84 Å². The Balaban J connectivity index is 2.20. The Bertz CT molecular complexity index is 248. The maximum atomic E-state index is 5.67. The monoisotopic (exact) mass is 207 g/mol. The van der Waals surface area contributed by atoms with Crippen LogP contribution in [0.1, 0.15) is 25.8 Å². The van der Waals surface area contributed by atoms with E-state index in [-0.39, 0.29) is 0 Å². The number of benzene rings is 1. The van der Waals surface area contributed by atoms with E-state index >= 15 is 0 Å². The summed E-state index contributed by atoms with van der Waals surface area (Å²) in [6, 6.07) is 10.5. The normalized spacial score (nSPS) is 10.9. The summed E-state index contributed by atoms with van der Waals surface area (Å²) in [5.74, 6) is 0. The van der Waals surface area contributed by atoms with Crippen LogP contribution in [0.25, 0.3) is 0 Å². The number of rotatable bonds is 7. The van der Waals surface area contributed by atoms with Crippen LogP contribution in [0.4, 0.5) is 0 Å². The van der Waals surface area contributed by atoms with Crippen LogP contribution in [0, 0.1) is 0 Å². The van der Waals surface area contributed by atoms with E-state index < -0.39 is 0 Å². The summed E-state index contributed by atoms with van der Waals surface area (Å²) >= 11 is 0. The minimum Gasteiger partial charge on any atom is -0.299 e. The minimum atomic E-state index is 0.776. The zero-order chi connectivity index (χ0) is 10.9. The van der Waals surface area contributed by atoms with Crippen LogP contribution in [0.3, 0.4) is 0 Å². The van der Waals surface area contributed by atoms with E-state index in [4.69, 9.17) is 4.84 Å². The van der Waals surface area contributed by atoms with Crippen molar-refractivity contribution in [2.24, 2.45) is 0 Å². The Hall–Kier alpha value is -0.860. The number of hydrogen-bond donors (Lipinski definition) is 0. The fourth-order valence-corrected chi connectivity index (χ4v) is 1.50. The SMILES string of the molecule is CCCN(CC)OCCc1ccccc1. The molecule has 0 fully saturated rings. The Morgan fingerprint density at radius 2 is 1.87 bits per heavy atom. The average molecular weight is 207 g/mol. The van der Waals surface area contributed by atoms with Gasteiger partial charge in [0.25, 0.3) is 0 Å². The van der Waals surface area contributed by atoms with Crippen molar-refractivity contribution in [3.63, 3.8) is 0 Å². The van der Waals surface area contributed by atoms with Crippen molar-refractivity contribution in [2.45, 2.75) is 26.7 Å². The third-order valence-corrected chi connectivity index (χ3v) is 2.33. The van der Waals surface area contributed by atoms with Gasteiger partial charge < -0.3 is 0 Å². The molecule has 1 rings (SSSR count). The lowest BCUT2D eigenvalue weighted by Gasteiger charge is -2.18. The highest BCUT2D eigenvalue weighted by Crippen LogP contribution is 2.01. The Morgan fingerprint density at radius 1 is 1.13 bits per heavy atom. The molecule has 0 aliphatic heterocycles. The van der Waals surface area contributed by atoms with Gasteiger partial charge in [0.05, 0.1) is 6.61 Å². The van der Waals surface area contributed by atoms with Crippen LogP contribution < -0.4 is 0 Å². The van der Waals surface area contributed by atoms with Gasteiger partial charge in [0, 0.05) is 13.1 Å². The molecule has 0 N–H and O–H groups in total. The van der Waals surface area contributed by atoms with Crippen molar-refractivity contribution in [2.75, 3.05) is 19.7 Å². The first kappa shape index (κ1) is 12.2. The molecule has 2 heteroatoms. The smallest absolute Gasteiger partial charge is 0.0725 e. The molecule has 0 bridgehead atoms. The molecule has 0 aliphatic rings. The molecule has 0 saturated heterocycles. The van der Waals surface area contributed by atoms with E-state index in [0.29, 0.717) is 0 Å². The lowest BCUT2D eigenvalue weighted by molar-refractivity contribution is -0.154. The Morgan fingerprint density at radius 3 is 2.47 bits per heavy atom. The van der Waals surface area contributed by atoms with Crippen molar-refractivity contribution in [3.05, 3.63) is 35.9 Å². The van der Waals surface area contributed by atoms with Gasteiger partial charge in [-0.25, -0.2) is 0 Å². The van der Waals surface area contributed by atoms with Crippen LogP contribution in [0.15, 0.2) is 30.3 Å². The van der Waals surface area contributed by atoms with Gasteiger partial charge in [-0.15, -0.1) is 0 Å². The second-order valence-electron chi connectivity index (χ2n) is 3.59. The van der Waals surface area contributed by atoms with Crippen LogP contribution in [0.2, 0.25) is 0 Å². The zero-order valence-corrected chi connectivity index (χ0v) is 9.78. The van der Waals surface area contributed by atoms with Crippen molar-refractivity contribution in [1.29, 1.82) is 0 Å². The summed E-state index contributed by atoms with van der Waals surface area (Å²) in [4.78, 5) is 5.67. The van der Waals surface area contributed by atoms with Crippen LogP contribution >= 0.6 is 0 Å². The molecular formula is C13H21NO. The summed E-state index contributed by atoms with van der Waals surface area (Å²) in [6.45, 7) is 7.05. The largest absolute Gasteiger partial charge is 0.299 e. The molecule has 2 nitrogen and oxygen atoms in total. The highest BCUT2D eigenvalue weighted by molar-refractivity contribution is 5.14. The van der Waals surface area contributed by atoms with Gasteiger partial charge in [0.1, 0.15) is 0 Å². The molecule has 84 valence electrons. The van der Waals surface area contributed by atoms with Gasteiger partial charge in [0.15, 0.2) is 0 Å². The molecular weight excluding hydrogens is 186 g/mol. The molecule has 0 heterocycles. The number of nitrogens with zero attached hydrogens (tertiary/aromatic N) is 1. The van der Waals surface area contributed by atoms with Gasteiger partial charge in [0.2, 0.25) is 0 Å². The second kappa shape index (κ2) is 7.43. The third-order valence-electron chi connectivity index (χ3n) is 2.33. The first-order valence-corrected chi connectivity index (χ1v) is 5.78. The van der Waals surface area contributed by atoms with Crippen LogP contribution in [-0.2, 0) is 11.3 Å². The van der Waals surface area contributed by atoms with E-state index in [2.05, 4.69) is 38.1 Å². The molecule has 15 heavy (non-hydrogen) atoms. The summed E-state index contributed by atoms with van der Waals surface area (Å²) in [7, 11) is 0. The molecule has 1 aromatic rings. The van der Waals surface area contributed by atoms with E-state index in [1.807, 2.05) is 11.1 Å².